The van der Waals surface area contributed by atoms with E-state index < -0.39 is 0 Å². The Morgan fingerprint density at radius 3 is 2.67 bits per heavy atom. The highest BCUT2D eigenvalue weighted by molar-refractivity contribution is 5.29. The van der Waals surface area contributed by atoms with Gasteiger partial charge in [-0.05, 0) is 61.2 Å². The number of methoxy groups -OCH3 is 1. The topological polar surface area (TPSA) is 34.2 Å². The molecule has 0 aliphatic carbocycles. The molecule has 1 atom stereocenters. The van der Waals surface area contributed by atoms with Gasteiger partial charge >= 0.3 is 0 Å². The zero-order valence-electron chi connectivity index (χ0n) is 12.9. The molecule has 112 valence electrons. The van der Waals surface area contributed by atoms with Crippen LogP contribution < -0.4 is 10.1 Å². The van der Waals surface area contributed by atoms with Crippen molar-refractivity contribution in [3.8, 4) is 5.75 Å². The molecular formula is C18H24N2O. The summed E-state index contributed by atoms with van der Waals surface area (Å²) in [6, 6.07) is 13.0. The zero-order chi connectivity index (χ0) is 14.9. The number of nitrogens with zero attached hydrogens (tertiary/aromatic N) is 1. The number of hydrogen-bond donors (Lipinski definition) is 1. The minimum Gasteiger partial charge on any atom is -0.497 e. The van der Waals surface area contributed by atoms with Gasteiger partial charge in [-0.15, -0.1) is 0 Å². The van der Waals surface area contributed by atoms with Crippen molar-refractivity contribution in [2.75, 3.05) is 13.7 Å². The molecule has 1 unspecified atom stereocenters. The van der Waals surface area contributed by atoms with Crippen molar-refractivity contribution in [1.82, 2.24) is 10.3 Å². The van der Waals surface area contributed by atoms with Crippen molar-refractivity contribution in [2.24, 2.45) is 0 Å². The average molecular weight is 284 g/mol. The molecule has 1 N–H and O–H groups in total. The van der Waals surface area contributed by atoms with E-state index in [0.29, 0.717) is 6.04 Å². The van der Waals surface area contributed by atoms with Crippen LogP contribution in [0.4, 0.5) is 0 Å². The van der Waals surface area contributed by atoms with Gasteiger partial charge in [0.1, 0.15) is 5.75 Å². The second-order valence-corrected chi connectivity index (χ2v) is 5.20. The Morgan fingerprint density at radius 2 is 1.95 bits per heavy atom. The van der Waals surface area contributed by atoms with Gasteiger partial charge in [-0.25, -0.2) is 0 Å². The van der Waals surface area contributed by atoms with Crippen molar-refractivity contribution in [2.45, 2.75) is 32.2 Å². The van der Waals surface area contributed by atoms with E-state index in [0.717, 1.165) is 31.6 Å². The van der Waals surface area contributed by atoms with Gasteiger partial charge in [0.15, 0.2) is 0 Å². The van der Waals surface area contributed by atoms with E-state index in [9.17, 15) is 0 Å². The SMILES string of the molecule is CCNC(CCc1ccncc1)Cc1cccc(OC)c1. The predicted molar refractivity (Wildman–Crippen MR) is 86.7 cm³/mol. The molecule has 2 rings (SSSR count). The van der Waals surface area contributed by atoms with Gasteiger partial charge in [0.05, 0.1) is 7.11 Å². The van der Waals surface area contributed by atoms with Crippen LogP contribution in [0.2, 0.25) is 0 Å². The highest BCUT2D eigenvalue weighted by Crippen LogP contribution is 2.15. The van der Waals surface area contributed by atoms with Crippen molar-refractivity contribution in [3.05, 3.63) is 59.9 Å². The number of aryl methyl sites for hydroxylation is 1. The maximum absolute atomic E-state index is 5.30. The Hall–Kier alpha value is -1.87. The van der Waals surface area contributed by atoms with Crippen LogP contribution in [0.15, 0.2) is 48.8 Å². The summed E-state index contributed by atoms with van der Waals surface area (Å²) in [4.78, 5) is 4.07. The van der Waals surface area contributed by atoms with Gasteiger partial charge in [-0.3, -0.25) is 4.98 Å². The number of aromatic nitrogens is 1. The summed E-state index contributed by atoms with van der Waals surface area (Å²) in [6.07, 6.45) is 6.94. The van der Waals surface area contributed by atoms with Crippen molar-refractivity contribution < 1.29 is 4.74 Å². The number of ether oxygens (including phenoxy) is 1. The number of hydrogen-bond acceptors (Lipinski definition) is 3. The zero-order valence-corrected chi connectivity index (χ0v) is 12.9. The molecule has 1 heterocycles. The van der Waals surface area contributed by atoms with Crippen LogP contribution in [0, 0.1) is 0 Å². The summed E-state index contributed by atoms with van der Waals surface area (Å²) in [5.41, 5.74) is 2.66. The van der Waals surface area contributed by atoms with Gasteiger partial charge in [0.25, 0.3) is 0 Å². The fourth-order valence-corrected chi connectivity index (χ4v) is 2.54. The smallest absolute Gasteiger partial charge is 0.119 e. The van der Waals surface area contributed by atoms with Gasteiger partial charge in [0, 0.05) is 18.4 Å². The molecule has 1 aromatic heterocycles. The van der Waals surface area contributed by atoms with E-state index in [-0.39, 0.29) is 0 Å². The van der Waals surface area contributed by atoms with E-state index in [1.165, 1.54) is 11.1 Å². The molecule has 0 fully saturated rings. The van der Waals surface area contributed by atoms with E-state index in [1.54, 1.807) is 7.11 Å². The molecule has 0 saturated carbocycles. The molecule has 0 aliphatic heterocycles. The lowest BCUT2D eigenvalue weighted by Crippen LogP contribution is -2.31. The first-order valence-corrected chi connectivity index (χ1v) is 7.57. The van der Waals surface area contributed by atoms with E-state index in [1.807, 2.05) is 18.5 Å². The lowest BCUT2D eigenvalue weighted by molar-refractivity contribution is 0.413. The molecule has 0 spiro atoms. The summed E-state index contributed by atoms with van der Waals surface area (Å²) in [7, 11) is 1.71. The third kappa shape index (κ3) is 5.20. The Balaban J connectivity index is 1.94. The first kappa shape index (κ1) is 15.5. The predicted octanol–water partition coefficient (Wildman–Crippen LogP) is 3.24. The first-order chi connectivity index (χ1) is 10.3. The monoisotopic (exact) mass is 284 g/mol. The minimum absolute atomic E-state index is 0.482. The largest absolute Gasteiger partial charge is 0.497 e. The number of pyridine rings is 1. The summed E-state index contributed by atoms with van der Waals surface area (Å²) < 4.78 is 5.30. The highest BCUT2D eigenvalue weighted by atomic mass is 16.5. The van der Waals surface area contributed by atoms with Gasteiger partial charge in [0.2, 0.25) is 0 Å². The number of likely N-dealkylation sites (N-methyl/N-ethyl adjacent to an activating group) is 1. The Morgan fingerprint density at radius 1 is 1.14 bits per heavy atom. The van der Waals surface area contributed by atoms with Crippen LogP contribution >= 0.6 is 0 Å². The molecule has 0 saturated heterocycles. The second-order valence-electron chi connectivity index (χ2n) is 5.20. The summed E-state index contributed by atoms with van der Waals surface area (Å²) in [5.74, 6) is 0.928. The van der Waals surface area contributed by atoms with Gasteiger partial charge < -0.3 is 10.1 Å². The minimum atomic E-state index is 0.482. The first-order valence-electron chi connectivity index (χ1n) is 7.57. The van der Waals surface area contributed by atoms with Gasteiger partial charge in [-0.1, -0.05) is 19.1 Å². The van der Waals surface area contributed by atoms with Crippen LogP contribution in [0.1, 0.15) is 24.5 Å². The molecule has 1 aromatic carbocycles. The molecule has 3 heteroatoms. The van der Waals surface area contributed by atoms with Crippen LogP contribution in [0.3, 0.4) is 0 Å². The number of benzene rings is 1. The molecule has 0 bridgehead atoms. The third-order valence-corrected chi connectivity index (χ3v) is 3.64. The van der Waals surface area contributed by atoms with Gasteiger partial charge in [-0.2, -0.15) is 0 Å². The Kier molecular flexibility index (Phi) is 6.22. The van der Waals surface area contributed by atoms with E-state index >= 15 is 0 Å². The van der Waals surface area contributed by atoms with Crippen LogP contribution in [0.5, 0.6) is 5.75 Å². The average Bonchev–Trinajstić information content (AvgIpc) is 2.54. The van der Waals surface area contributed by atoms with Crippen LogP contribution in [-0.4, -0.2) is 24.7 Å². The van der Waals surface area contributed by atoms with Crippen molar-refractivity contribution in [1.29, 1.82) is 0 Å². The molecule has 2 aromatic rings. The molecule has 0 amide bonds. The molecule has 0 radical (unpaired) electrons. The maximum atomic E-state index is 5.30. The summed E-state index contributed by atoms with van der Waals surface area (Å²) >= 11 is 0. The maximum Gasteiger partial charge on any atom is 0.119 e. The van der Waals surface area contributed by atoms with Crippen molar-refractivity contribution in [3.63, 3.8) is 0 Å². The lowest BCUT2D eigenvalue weighted by atomic mass is 9.99. The quantitative estimate of drug-likeness (QED) is 0.808. The van der Waals surface area contributed by atoms with E-state index in [2.05, 4.69) is 47.6 Å². The standard InChI is InChI=1S/C18H24N2O/c1-3-20-17(8-7-15-9-11-19-12-10-15)13-16-5-4-6-18(14-16)21-2/h4-6,9-12,14,17,20H,3,7-8,13H2,1-2H3. The summed E-state index contributed by atoms with van der Waals surface area (Å²) in [6.45, 7) is 3.15. The fourth-order valence-electron chi connectivity index (χ4n) is 2.54. The van der Waals surface area contributed by atoms with Crippen molar-refractivity contribution >= 4 is 0 Å². The summed E-state index contributed by atoms with van der Waals surface area (Å²) in [5, 5.41) is 3.58. The number of rotatable bonds is 8. The van der Waals surface area contributed by atoms with Crippen LogP contribution in [-0.2, 0) is 12.8 Å². The lowest BCUT2D eigenvalue weighted by Gasteiger charge is -2.18. The molecular weight excluding hydrogens is 260 g/mol. The fraction of sp³-hybridized carbons (Fsp3) is 0.389. The van der Waals surface area contributed by atoms with Crippen LogP contribution in [0.25, 0.3) is 0 Å². The normalized spacial score (nSPS) is 12.1. The second kappa shape index (κ2) is 8.42. The molecule has 21 heavy (non-hydrogen) atoms. The molecule has 3 nitrogen and oxygen atoms in total. The highest BCUT2D eigenvalue weighted by Gasteiger charge is 2.09. The Labute approximate surface area is 127 Å². The third-order valence-electron chi connectivity index (χ3n) is 3.64. The van der Waals surface area contributed by atoms with E-state index in [4.69, 9.17) is 4.74 Å². The number of nitrogens with one attached hydrogen (secondary N) is 1. The Bertz CT molecular complexity index is 528. The molecule has 0 aliphatic rings.